The third kappa shape index (κ3) is 4.75. The third-order valence-corrected chi connectivity index (χ3v) is 7.32. The van der Waals surface area contributed by atoms with Gasteiger partial charge < -0.3 is 24.8 Å². The van der Waals surface area contributed by atoms with E-state index in [-0.39, 0.29) is 43.6 Å². The molecule has 2 aromatic rings. The number of carboxylic acids is 1. The molecular weight excluding hydrogens is 448 g/mol. The molecule has 2 saturated heterocycles. The highest BCUT2D eigenvalue weighted by atomic mass is 16.5. The van der Waals surface area contributed by atoms with Gasteiger partial charge in [0.2, 0.25) is 5.91 Å². The largest absolute Gasteiger partial charge is 0.480 e. The number of nitrogens with one attached hydrogen (secondary N) is 1. The van der Waals surface area contributed by atoms with Gasteiger partial charge in [-0.25, -0.2) is 9.59 Å². The number of hydrogen-bond acceptors (Lipinski definition) is 5. The molecular formula is C27H30N2O6. The van der Waals surface area contributed by atoms with Gasteiger partial charge >= 0.3 is 12.1 Å². The van der Waals surface area contributed by atoms with Crippen molar-refractivity contribution in [3.05, 3.63) is 59.7 Å². The van der Waals surface area contributed by atoms with E-state index in [0.29, 0.717) is 19.4 Å². The maximum atomic E-state index is 12.9. The summed E-state index contributed by atoms with van der Waals surface area (Å²) in [5.41, 5.74) is 4.65. The number of benzene rings is 2. The Balaban J connectivity index is 1.11. The van der Waals surface area contributed by atoms with Crippen molar-refractivity contribution >= 4 is 18.0 Å². The number of nitrogens with zero attached hydrogens (tertiary/aromatic N) is 1. The van der Waals surface area contributed by atoms with Crippen LogP contribution >= 0.6 is 0 Å². The summed E-state index contributed by atoms with van der Waals surface area (Å²) in [5.74, 6) is -1.51. The van der Waals surface area contributed by atoms with Gasteiger partial charge in [0.25, 0.3) is 0 Å². The first-order chi connectivity index (χ1) is 17.0. The highest BCUT2D eigenvalue weighted by Gasteiger charge is 2.39. The maximum Gasteiger partial charge on any atom is 0.407 e. The van der Waals surface area contributed by atoms with Crippen molar-refractivity contribution in [2.24, 2.45) is 5.92 Å². The summed E-state index contributed by atoms with van der Waals surface area (Å²) in [6.45, 7) is 1.18. The van der Waals surface area contributed by atoms with E-state index in [1.54, 1.807) is 0 Å². The standard InChI is InChI=1S/C27H30N2O6/c30-25(29-12-6-5-11-24(29)26(31)32)17-13-18(34-15-17)14-28-27(33)35-16-23-21-9-3-1-7-19(21)20-8-2-4-10-22(20)23/h1-4,7-10,17-18,23-24H,5-6,11-16H2,(H,28,33)(H,31,32)/t17?,18?,24-/m0/s1. The topological polar surface area (TPSA) is 105 Å². The van der Waals surface area contributed by atoms with E-state index in [4.69, 9.17) is 9.47 Å². The summed E-state index contributed by atoms with van der Waals surface area (Å²) in [7, 11) is 0. The first-order valence-electron chi connectivity index (χ1n) is 12.3. The van der Waals surface area contributed by atoms with E-state index >= 15 is 0 Å². The molecule has 8 nitrogen and oxygen atoms in total. The van der Waals surface area contributed by atoms with Crippen LogP contribution in [0.25, 0.3) is 11.1 Å². The van der Waals surface area contributed by atoms with Crippen molar-refractivity contribution in [3.8, 4) is 11.1 Å². The van der Waals surface area contributed by atoms with Gasteiger partial charge in [0, 0.05) is 19.0 Å². The molecule has 3 atom stereocenters. The van der Waals surface area contributed by atoms with Crippen molar-refractivity contribution in [2.45, 2.75) is 43.7 Å². The van der Waals surface area contributed by atoms with Crippen LogP contribution < -0.4 is 5.32 Å². The van der Waals surface area contributed by atoms with Crippen molar-refractivity contribution in [1.82, 2.24) is 10.2 Å². The van der Waals surface area contributed by atoms with Crippen LogP contribution in [0, 0.1) is 5.92 Å². The number of carbonyl (C=O) groups excluding carboxylic acids is 2. The Labute approximate surface area is 204 Å². The molecule has 5 rings (SSSR count). The monoisotopic (exact) mass is 478 g/mol. The summed E-state index contributed by atoms with van der Waals surface area (Å²) in [5, 5.41) is 12.2. The van der Waals surface area contributed by atoms with Gasteiger partial charge in [-0.05, 0) is 47.9 Å². The zero-order valence-corrected chi connectivity index (χ0v) is 19.5. The van der Waals surface area contributed by atoms with E-state index in [1.165, 1.54) is 16.0 Å². The Hall–Kier alpha value is -3.39. The van der Waals surface area contributed by atoms with Crippen molar-refractivity contribution in [3.63, 3.8) is 0 Å². The lowest BCUT2D eigenvalue weighted by molar-refractivity contribution is -0.153. The molecule has 2 fully saturated rings. The molecule has 0 radical (unpaired) electrons. The van der Waals surface area contributed by atoms with Gasteiger partial charge in [0.15, 0.2) is 0 Å². The van der Waals surface area contributed by atoms with Gasteiger partial charge in [-0.2, -0.15) is 0 Å². The number of likely N-dealkylation sites (tertiary alicyclic amines) is 1. The van der Waals surface area contributed by atoms with Gasteiger partial charge in [-0.15, -0.1) is 0 Å². The molecule has 3 aliphatic rings. The van der Waals surface area contributed by atoms with Crippen LogP contribution in [-0.4, -0.2) is 66.4 Å². The molecule has 0 spiro atoms. The van der Waals surface area contributed by atoms with Crippen LogP contribution in [0.15, 0.2) is 48.5 Å². The molecule has 2 amide bonds. The SMILES string of the molecule is O=C(NCC1CC(C(=O)N2CCCC[C@H]2C(=O)O)CO1)OCC1c2ccccc2-c2ccccc21. The smallest absolute Gasteiger partial charge is 0.407 e. The number of piperidine rings is 1. The summed E-state index contributed by atoms with van der Waals surface area (Å²) in [6.07, 6.45) is 1.74. The number of rotatable bonds is 6. The van der Waals surface area contributed by atoms with Crippen molar-refractivity contribution in [2.75, 3.05) is 26.3 Å². The second-order valence-electron chi connectivity index (χ2n) is 9.48. The van der Waals surface area contributed by atoms with Gasteiger partial charge in [-0.1, -0.05) is 48.5 Å². The van der Waals surface area contributed by atoms with E-state index in [2.05, 4.69) is 29.6 Å². The summed E-state index contributed by atoms with van der Waals surface area (Å²) in [6, 6.07) is 15.6. The van der Waals surface area contributed by atoms with Crippen LogP contribution in [0.2, 0.25) is 0 Å². The summed E-state index contributed by atoms with van der Waals surface area (Å²) in [4.78, 5) is 38.4. The fraction of sp³-hybridized carbons (Fsp3) is 0.444. The maximum absolute atomic E-state index is 12.9. The highest BCUT2D eigenvalue weighted by molar-refractivity contribution is 5.85. The normalized spacial score (nSPS) is 23.4. The molecule has 2 heterocycles. The second kappa shape index (κ2) is 10.1. The minimum atomic E-state index is -0.953. The van der Waals surface area contributed by atoms with Crippen molar-refractivity contribution in [1.29, 1.82) is 0 Å². The lowest BCUT2D eigenvalue weighted by atomic mass is 9.97. The van der Waals surface area contributed by atoms with Crippen LogP contribution in [-0.2, 0) is 19.1 Å². The predicted molar refractivity (Wildman–Crippen MR) is 128 cm³/mol. The number of amides is 2. The van der Waals surface area contributed by atoms with Crippen LogP contribution in [0.5, 0.6) is 0 Å². The molecule has 0 aromatic heterocycles. The molecule has 2 aromatic carbocycles. The van der Waals surface area contributed by atoms with Crippen molar-refractivity contribution < 1.29 is 29.0 Å². The fourth-order valence-electron chi connectivity index (χ4n) is 5.55. The Morgan fingerprint density at radius 1 is 1.03 bits per heavy atom. The molecule has 2 N–H and O–H groups in total. The number of aliphatic carboxylic acids is 1. The number of carboxylic acid groups (broad SMARTS) is 1. The zero-order chi connectivity index (χ0) is 24.4. The highest BCUT2D eigenvalue weighted by Crippen LogP contribution is 2.44. The van der Waals surface area contributed by atoms with Crippen LogP contribution in [0.1, 0.15) is 42.7 Å². The van der Waals surface area contributed by atoms with Crippen LogP contribution in [0.3, 0.4) is 0 Å². The summed E-state index contributed by atoms with van der Waals surface area (Å²) >= 11 is 0. The van der Waals surface area contributed by atoms with Gasteiger partial charge in [-0.3, -0.25) is 4.79 Å². The average Bonchev–Trinajstić information content (AvgIpc) is 3.49. The quantitative estimate of drug-likeness (QED) is 0.659. The Morgan fingerprint density at radius 2 is 1.71 bits per heavy atom. The van der Waals surface area contributed by atoms with E-state index in [9.17, 15) is 19.5 Å². The fourth-order valence-corrected chi connectivity index (χ4v) is 5.55. The number of carbonyl (C=O) groups is 3. The van der Waals surface area contributed by atoms with Gasteiger partial charge in [0.05, 0.1) is 18.6 Å². The molecule has 2 unspecified atom stereocenters. The Bertz CT molecular complexity index is 1070. The molecule has 1 aliphatic carbocycles. The number of hydrogen-bond donors (Lipinski definition) is 2. The first-order valence-corrected chi connectivity index (χ1v) is 12.3. The molecule has 0 bridgehead atoms. The third-order valence-electron chi connectivity index (χ3n) is 7.32. The molecule has 35 heavy (non-hydrogen) atoms. The molecule has 2 aliphatic heterocycles. The Morgan fingerprint density at radius 3 is 2.40 bits per heavy atom. The van der Waals surface area contributed by atoms with E-state index < -0.39 is 18.1 Å². The predicted octanol–water partition coefficient (Wildman–Crippen LogP) is 3.40. The minimum Gasteiger partial charge on any atom is -0.480 e. The van der Waals surface area contributed by atoms with Gasteiger partial charge in [0.1, 0.15) is 12.6 Å². The van der Waals surface area contributed by atoms with E-state index in [1.807, 2.05) is 24.3 Å². The number of ether oxygens (including phenoxy) is 2. The molecule has 0 saturated carbocycles. The molecule has 8 heteroatoms. The molecule has 184 valence electrons. The Kier molecular flexibility index (Phi) is 6.72. The summed E-state index contributed by atoms with van der Waals surface area (Å²) < 4.78 is 11.3. The second-order valence-corrected chi connectivity index (χ2v) is 9.48. The minimum absolute atomic E-state index is 0.00962. The van der Waals surface area contributed by atoms with Crippen LogP contribution in [0.4, 0.5) is 4.79 Å². The number of alkyl carbamates (subject to hydrolysis) is 1. The lowest BCUT2D eigenvalue weighted by Crippen LogP contribution is -2.50. The van der Waals surface area contributed by atoms with E-state index in [0.717, 1.165) is 24.0 Å². The average molecular weight is 479 g/mol. The lowest BCUT2D eigenvalue weighted by Gasteiger charge is -2.34. The number of fused-ring (bicyclic) bond motifs is 3. The first kappa shape index (κ1) is 23.4. The zero-order valence-electron chi connectivity index (χ0n) is 19.5.